The van der Waals surface area contributed by atoms with Gasteiger partial charge in [-0.25, -0.2) is 8.78 Å². The minimum atomic E-state index is -0.863. The standard InChI is InChI=1S/C14H18F2N2O/c1-18(11-7-8-17-9-11)13(19)6-5-10-3-2-4-12(15)14(10)16/h2-4,11,17H,5-9H2,1H3. The van der Waals surface area contributed by atoms with Crippen LogP contribution in [0.3, 0.4) is 0 Å². The number of nitrogens with one attached hydrogen (secondary N) is 1. The molecular formula is C14H18F2N2O. The van der Waals surface area contributed by atoms with Gasteiger partial charge in [0.25, 0.3) is 0 Å². The fraction of sp³-hybridized carbons (Fsp3) is 0.500. The predicted molar refractivity (Wildman–Crippen MR) is 68.7 cm³/mol. The molecule has 1 aliphatic heterocycles. The Morgan fingerprint density at radius 2 is 2.26 bits per heavy atom. The SMILES string of the molecule is CN(C(=O)CCc1cccc(F)c1F)C1CCNC1. The Morgan fingerprint density at radius 1 is 1.47 bits per heavy atom. The van der Waals surface area contributed by atoms with Gasteiger partial charge in [-0.15, -0.1) is 0 Å². The maximum Gasteiger partial charge on any atom is 0.222 e. The molecule has 3 nitrogen and oxygen atoms in total. The molecule has 1 N–H and O–H groups in total. The summed E-state index contributed by atoms with van der Waals surface area (Å²) in [5.41, 5.74) is 0.256. The lowest BCUT2D eigenvalue weighted by atomic mass is 10.1. The zero-order valence-electron chi connectivity index (χ0n) is 11.0. The zero-order valence-corrected chi connectivity index (χ0v) is 11.0. The lowest BCUT2D eigenvalue weighted by molar-refractivity contribution is -0.131. The van der Waals surface area contributed by atoms with Gasteiger partial charge in [0.1, 0.15) is 0 Å². The second kappa shape index (κ2) is 6.10. The number of hydrogen-bond donors (Lipinski definition) is 1. The molecule has 2 rings (SSSR count). The summed E-state index contributed by atoms with van der Waals surface area (Å²) in [7, 11) is 1.77. The lowest BCUT2D eigenvalue weighted by Crippen LogP contribution is -2.38. The highest BCUT2D eigenvalue weighted by Gasteiger charge is 2.23. The molecule has 0 aliphatic carbocycles. The Labute approximate surface area is 111 Å². The van der Waals surface area contributed by atoms with E-state index in [1.165, 1.54) is 12.1 Å². The van der Waals surface area contributed by atoms with Gasteiger partial charge in [-0.1, -0.05) is 12.1 Å². The summed E-state index contributed by atoms with van der Waals surface area (Å²) >= 11 is 0. The van der Waals surface area contributed by atoms with E-state index in [9.17, 15) is 13.6 Å². The van der Waals surface area contributed by atoms with E-state index in [1.54, 1.807) is 11.9 Å². The fourth-order valence-corrected chi connectivity index (χ4v) is 2.33. The number of amides is 1. The van der Waals surface area contributed by atoms with E-state index >= 15 is 0 Å². The Kier molecular flexibility index (Phi) is 4.47. The highest BCUT2D eigenvalue weighted by molar-refractivity contribution is 5.76. The number of carbonyl (C=O) groups is 1. The van der Waals surface area contributed by atoms with Crippen LogP contribution in [0.25, 0.3) is 0 Å². The lowest BCUT2D eigenvalue weighted by Gasteiger charge is -2.23. The van der Waals surface area contributed by atoms with Crippen molar-refractivity contribution in [3.8, 4) is 0 Å². The minimum Gasteiger partial charge on any atom is -0.341 e. The number of halogens is 2. The first kappa shape index (κ1) is 13.9. The number of likely N-dealkylation sites (N-methyl/N-ethyl adjacent to an activating group) is 1. The van der Waals surface area contributed by atoms with E-state index in [0.717, 1.165) is 25.6 Å². The van der Waals surface area contributed by atoms with E-state index in [4.69, 9.17) is 0 Å². The van der Waals surface area contributed by atoms with Gasteiger partial charge in [-0.3, -0.25) is 4.79 Å². The molecular weight excluding hydrogens is 250 g/mol. The van der Waals surface area contributed by atoms with E-state index in [0.29, 0.717) is 0 Å². The highest BCUT2D eigenvalue weighted by atomic mass is 19.2. The first-order valence-electron chi connectivity index (χ1n) is 6.49. The molecule has 0 bridgehead atoms. The normalized spacial score (nSPS) is 18.6. The summed E-state index contributed by atoms with van der Waals surface area (Å²) < 4.78 is 26.5. The number of rotatable bonds is 4. The Bertz CT molecular complexity index is 459. The van der Waals surface area contributed by atoms with Crippen LogP contribution in [0.15, 0.2) is 18.2 Å². The number of nitrogens with zero attached hydrogens (tertiary/aromatic N) is 1. The maximum absolute atomic E-state index is 13.4. The molecule has 1 atom stereocenters. The van der Waals surface area contributed by atoms with Crippen LogP contribution >= 0.6 is 0 Å². The van der Waals surface area contributed by atoms with Gasteiger partial charge in [-0.2, -0.15) is 0 Å². The van der Waals surface area contributed by atoms with E-state index < -0.39 is 11.6 Å². The van der Waals surface area contributed by atoms with Crippen LogP contribution in [0.2, 0.25) is 0 Å². The second-order valence-corrected chi connectivity index (χ2v) is 4.86. The van der Waals surface area contributed by atoms with Gasteiger partial charge in [0, 0.05) is 26.1 Å². The summed E-state index contributed by atoms with van der Waals surface area (Å²) in [6, 6.07) is 4.27. The molecule has 5 heteroatoms. The third-order valence-electron chi connectivity index (χ3n) is 3.62. The Hall–Kier alpha value is -1.49. The fourth-order valence-electron chi connectivity index (χ4n) is 2.33. The smallest absolute Gasteiger partial charge is 0.222 e. The topological polar surface area (TPSA) is 32.3 Å². The quantitative estimate of drug-likeness (QED) is 0.901. The summed E-state index contributed by atoms with van der Waals surface area (Å²) in [6.07, 6.45) is 1.37. The Balaban J connectivity index is 1.91. The van der Waals surface area contributed by atoms with Gasteiger partial charge < -0.3 is 10.2 Å². The molecule has 1 saturated heterocycles. The molecule has 1 aliphatic rings. The molecule has 1 heterocycles. The average Bonchev–Trinajstić information content (AvgIpc) is 2.93. The summed E-state index contributed by atoms with van der Waals surface area (Å²) in [4.78, 5) is 13.7. The zero-order chi connectivity index (χ0) is 13.8. The Morgan fingerprint density at radius 3 is 2.95 bits per heavy atom. The van der Waals surface area contributed by atoms with Crippen LogP contribution in [0.5, 0.6) is 0 Å². The molecule has 1 fully saturated rings. The van der Waals surface area contributed by atoms with Crippen molar-refractivity contribution in [1.29, 1.82) is 0 Å². The largest absolute Gasteiger partial charge is 0.341 e. The molecule has 1 aromatic rings. The number of carbonyl (C=O) groups excluding carboxylic acids is 1. The van der Waals surface area contributed by atoms with Crippen molar-refractivity contribution in [3.63, 3.8) is 0 Å². The highest BCUT2D eigenvalue weighted by Crippen LogP contribution is 2.15. The molecule has 0 spiro atoms. The first-order valence-corrected chi connectivity index (χ1v) is 6.49. The van der Waals surface area contributed by atoms with Crippen molar-refractivity contribution < 1.29 is 13.6 Å². The van der Waals surface area contributed by atoms with Crippen LogP contribution in [0.1, 0.15) is 18.4 Å². The third-order valence-corrected chi connectivity index (χ3v) is 3.62. The predicted octanol–water partition coefficient (Wildman–Crippen LogP) is 1.72. The summed E-state index contributed by atoms with van der Waals surface area (Å²) in [5, 5.41) is 3.20. The van der Waals surface area contributed by atoms with E-state index in [2.05, 4.69) is 5.32 Å². The van der Waals surface area contributed by atoms with Gasteiger partial charge in [-0.05, 0) is 31.0 Å². The van der Waals surface area contributed by atoms with Crippen LogP contribution in [-0.4, -0.2) is 37.0 Å². The summed E-state index contributed by atoms with van der Waals surface area (Å²) in [5.74, 6) is -1.74. The van der Waals surface area contributed by atoms with Crippen molar-refractivity contribution in [2.75, 3.05) is 20.1 Å². The van der Waals surface area contributed by atoms with Crippen molar-refractivity contribution in [2.45, 2.75) is 25.3 Å². The molecule has 104 valence electrons. The second-order valence-electron chi connectivity index (χ2n) is 4.86. The van der Waals surface area contributed by atoms with Crippen LogP contribution in [-0.2, 0) is 11.2 Å². The van der Waals surface area contributed by atoms with Crippen molar-refractivity contribution >= 4 is 5.91 Å². The number of hydrogen-bond acceptors (Lipinski definition) is 2. The van der Waals surface area contributed by atoms with E-state index in [1.807, 2.05) is 0 Å². The van der Waals surface area contributed by atoms with Crippen LogP contribution in [0, 0.1) is 11.6 Å². The van der Waals surface area contributed by atoms with E-state index in [-0.39, 0.29) is 30.4 Å². The molecule has 1 amide bonds. The maximum atomic E-state index is 13.4. The monoisotopic (exact) mass is 268 g/mol. The third kappa shape index (κ3) is 3.29. The molecule has 1 aromatic carbocycles. The van der Waals surface area contributed by atoms with Crippen LogP contribution < -0.4 is 5.32 Å². The van der Waals surface area contributed by atoms with Crippen molar-refractivity contribution in [3.05, 3.63) is 35.4 Å². The van der Waals surface area contributed by atoms with Gasteiger partial charge in [0.2, 0.25) is 5.91 Å². The first-order chi connectivity index (χ1) is 9.09. The van der Waals surface area contributed by atoms with Gasteiger partial charge in [0.15, 0.2) is 11.6 Å². The van der Waals surface area contributed by atoms with Crippen LogP contribution in [0.4, 0.5) is 8.78 Å². The van der Waals surface area contributed by atoms with Crippen molar-refractivity contribution in [2.24, 2.45) is 0 Å². The summed E-state index contributed by atoms with van der Waals surface area (Å²) in [6.45, 7) is 1.72. The minimum absolute atomic E-state index is 0.0302. The molecule has 0 aromatic heterocycles. The molecule has 0 radical (unpaired) electrons. The molecule has 0 saturated carbocycles. The van der Waals surface area contributed by atoms with Gasteiger partial charge >= 0.3 is 0 Å². The van der Waals surface area contributed by atoms with Crippen molar-refractivity contribution in [1.82, 2.24) is 10.2 Å². The average molecular weight is 268 g/mol. The molecule has 1 unspecified atom stereocenters. The number of aryl methyl sites for hydroxylation is 1. The van der Waals surface area contributed by atoms with Gasteiger partial charge in [0.05, 0.1) is 0 Å². The molecule has 19 heavy (non-hydrogen) atoms. The number of benzene rings is 1.